The molecule has 2 heterocycles. The van der Waals surface area contributed by atoms with Gasteiger partial charge < -0.3 is 10.2 Å². The summed E-state index contributed by atoms with van der Waals surface area (Å²) in [5, 5.41) is 4.81. The molecule has 0 unspecified atom stereocenters. The first kappa shape index (κ1) is 19.3. The van der Waals surface area contributed by atoms with Crippen LogP contribution in [0.2, 0.25) is 0 Å². The minimum atomic E-state index is -0.394. The Morgan fingerprint density at radius 3 is 2.63 bits per heavy atom. The molecule has 6 heteroatoms. The highest BCUT2D eigenvalue weighted by molar-refractivity contribution is 7.12. The van der Waals surface area contributed by atoms with E-state index in [0.29, 0.717) is 38.8 Å². The van der Waals surface area contributed by atoms with E-state index in [-0.39, 0.29) is 17.6 Å². The molecule has 1 fully saturated rings. The van der Waals surface area contributed by atoms with Crippen molar-refractivity contribution >= 4 is 28.9 Å². The average Bonchev–Trinajstić information content (AvgIpc) is 3.38. The van der Waals surface area contributed by atoms with Gasteiger partial charge in [0.05, 0.1) is 4.88 Å². The van der Waals surface area contributed by atoms with Gasteiger partial charge in [0.1, 0.15) is 6.04 Å². The van der Waals surface area contributed by atoms with Crippen LogP contribution in [-0.2, 0) is 16.1 Å². The van der Waals surface area contributed by atoms with E-state index in [0.717, 1.165) is 16.9 Å². The number of carbonyl (C=O) groups excluding carboxylic acids is 3. The highest BCUT2D eigenvalue weighted by Gasteiger charge is 2.33. The minimum Gasteiger partial charge on any atom is -0.350 e. The van der Waals surface area contributed by atoms with E-state index >= 15 is 0 Å². The maximum Gasteiger partial charge on any atom is 0.243 e. The summed E-state index contributed by atoms with van der Waals surface area (Å²) in [5.74, 6) is -0.0536. The van der Waals surface area contributed by atoms with E-state index < -0.39 is 6.04 Å². The smallest absolute Gasteiger partial charge is 0.243 e. The Hall–Kier alpha value is -2.47. The lowest BCUT2D eigenvalue weighted by atomic mass is 10.1. The van der Waals surface area contributed by atoms with Gasteiger partial charge in [0.2, 0.25) is 11.8 Å². The number of rotatable bonds is 8. The maximum atomic E-state index is 12.5. The van der Waals surface area contributed by atoms with Gasteiger partial charge in [-0.2, -0.15) is 0 Å². The Balaban J connectivity index is 1.45. The summed E-state index contributed by atoms with van der Waals surface area (Å²) in [5.41, 5.74) is 1.04. The molecule has 2 aromatic rings. The molecule has 0 saturated carbocycles. The van der Waals surface area contributed by atoms with E-state index in [1.807, 2.05) is 47.8 Å². The van der Waals surface area contributed by atoms with Gasteiger partial charge in [-0.15, -0.1) is 11.3 Å². The molecule has 0 bridgehead atoms. The first-order valence-corrected chi connectivity index (χ1v) is 10.2. The largest absolute Gasteiger partial charge is 0.350 e. The Bertz CT molecular complexity index is 774. The van der Waals surface area contributed by atoms with Gasteiger partial charge in [0.15, 0.2) is 5.78 Å². The fourth-order valence-corrected chi connectivity index (χ4v) is 4.04. The molecule has 2 amide bonds. The molecule has 1 aliphatic rings. The molecule has 27 heavy (non-hydrogen) atoms. The number of thiophene rings is 1. The topological polar surface area (TPSA) is 66.5 Å². The van der Waals surface area contributed by atoms with Crippen LogP contribution in [0.4, 0.5) is 0 Å². The van der Waals surface area contributed by atoms with Crippen molar-refractivity contribution < 1.29 is 14.4 Å². The molecule has 142 valence electrons. The highest BCUT2D eigenvalue weighted by Crippen LogP contribution is 2.20. The number of hydrogen-bond acceptors (Lipinski definition) is 4. The second-order valence-electron chi connectivity index (χ2n) is 6.70. The number of benzene rings is 1. The summed E-state index contributed by atoms with van der Waals surface area (Å²) >= 11 is 1.43. The third-order valence-corrected chi connectivity index (χ3v) is 5.69. The van der Waals surface area contributed by atoms with Crippen molar-refractivity contribution in [2.75, 3.05) is 6.54 Å². The lowest BCUT2D eigenvalue weighted by molar-refractivity contribution is -0.138. The van der Waals surface area contributed by atoms with Crippen molar-refractivity contribution in [2.45, 2.75) is 44.7 Å². The zero-order valence-corrected chi connectivity index (χ0v) is 16.0. The number of hydrogen-bond donors (Lipinski definition) is 1. The Kier molecular flexibility index (Phi) is 6.76. The van der Waals surface area contributed by atoms with Crippen LogP contribution in [0.3, 0.4) is 0 Å². The zero-order chi connectivity index (χ0) is 19.1. The summed E-state index contributed by atoms with van der Waals surface area (Å²) in [4.78, 5) is 39.5. The third kappa shape index (κ3) is 5.26. The van der Waals surface area contributed by atoms with E-state index in [1.165, 1.54) is 11.3 Å². The van der Waals surface area contributed by atoms with Gasteiger partial charge in [-0.25, -0.2) is 0 Å². The predicted octanol–water partition coefficient (Wildman–Crippen LogP) is 3.41. The monoisotopic (exact) mass is 384 g/mol. The zero-order valence-electron chi connectivity index (χ0n) is 15.2. The summed E-state index contributed by atoms with van der Waals surface area (Å²) in [6.07, 6.45) is 2.72. The normalized spacial score (nSPS) is 16.3. The minimum absolute atomic E-state index is 0.0358. The Morgan fingerprint density at radius 2 is 1.89 bits per heavy atom. The number of Topliss-reactive ketones (excluding diaryl/α,β-unsaturated/α-hetero) is 1. The molecule has 1 aromatic heterocycles. The van der Waals surface area contributed by atoms with Crippen molar-refractivity contribution in [1.29, 1.82) is 0 Å². The number of nitrogens with one attached hydrogen (secondary N) is 1. The molecule has 1 atom stereocenters. The van der Waals surface area contributed by atoms with Crippen LogP contribution in [0.1, 0.15) is 47.3 Å². The summed E-state index contributed by atoms with van der Waals surface area (Å²) in [7, 11) is 0. The van der Waals surface area contributed by atoms with Crippen LogP contribution in [0.5, 0.6) is 0 Å². The second kappa shape index (κ2) is 9.46. The quantitative estimate of drug-likeness (QED) is 0.709. The molecular weight excluding hydrogens is 360 g/mol. The van der Waals surface area contributed by atoms with Crippen molar-refractivity contribution in [3.8, 4) is 0 Å². The van der Waals surface area contributed by atoms with E-state index in [4.69, 9.17) is 0 Å². The number of nitrogens with zero attached hydrogens (tertiary/aromatic N) is 1. The van der Waals surface area contributed by atoms with Crippen LogP contribution in [0.25, 0.3) is 0 Å². The molecule has 3 rings (SSSR count). The first-order valence-electron chi connectivity index (χ1n) is 9.33. The number of amides is 2. The van der Waals surface area contributed by atoms with Crippen LogP contribution in [0.15, 0.2) is 47.8 Å². The fourth-order valence-electron chi connectivity index (χ4n) is 3.34. The molecule has 1 saturated heterocycles. The van der Waals surface area contributed by atoms with Crippen molar-refractivity contribution in [3.63, 3.8) is 0 Å². The van der Waals surface area contributed by atoms with Gasteiger partial charge in [-0.1, -0.05) is 36.4 Å². The number of likely N-dealkylation sites (tertiary alicyclic amines) is 1. The molecule has 0 radical (unpaired) electrons. The SMILES string of the molecule is O=C(CCCC(=O)N1CCC[C@H]1C(=O)NCc1ccccc1)c1cccs1. The van der Waals surface area contributed by atoms with Gasteiger partial charge >= 0.3 is 0 Å². The molecular formula is C21H24N2O3S. The number of carbonyl (C=O) groups is 3. The molecule has 1 aromatic carbocycles. The van der Waals surface area contributed by atoms with E-state index in [2.05, 4.69) is 5.32 Å². The summed E-state index contributed by atoms with van der Waals surface area (Å²) in [6.45, 7) is 1.08. The van der Waals surface area contributed by atoms with Crippen LogP contribution in [0, 0.1) is 0 Å². The lowest BCUT2D eigenvalue weighted by Gasteiger charge is -2.24. The lowest BCUT2D eigenvalue weighted by Crippen LogP contribution is -2.45. The average molecular weight is 385 g/mol. The Labute approximate surface area is 163 Å². The van der Waals surface area contributed by atoms with Crippen LogP contribution >= 0.6 is 11.3 Å². The molecule has 0 aliphatic carbocycles. The number of ketones is 1. The Morgan fingerprint density at radius 1 is 1.07 bits per heavy atom. The van der Waals surface area contributed by atoms with Crippen molar-refractivity contribution in [3.05, 3.63) is 58.3 Å². The van der Waals surface area contributed by atoms with Crippen molar-refractivity contribution in [1.82, 2.24) is 10.2 Å². The van der Waals surface area contributed by atoms with Gasteiger partial charge in [0, 0.05) is 25.9 Å². The first-order chi connectivity index (χ1) is 13.1. The van der Waals surface area contributed by atoms with Crippen LogP contribution < -0.4 is 5.32 Å². The third-order valence-electron chi connectivity index (χ3n) is 4.78. The van der Waals surface area contributed by atoms with Crippen LogP contribution in [-0.4, -0.2) is 35.1 Å². The highest BCUT2D eigenvalue weighted by atomic mass is 32.1. The molecule has 5 nitrogen and oxygen atoms in total. The summed E-state index contributed by atoms with van der Waals surface area (Å²) < 4.78 is 0. The van der Waals surface area contributed by atoms with Crippen molar-refractivity contribution in [2.24, 2.45) is 0 Å². The summed E-state index contributed by atoms with van der Waals surface area (Å²) in [6, 6.07) is 13.0. The fraction of sp³-hybridized carbons (Fsp3) is 0.381. The van der Waals surface area contributed by atoms with Gasteiger partial charge in [-0.05, 0) is 36.3 Å². The van der Waals surface area contributed by atoms with Gasteiger partial charge in [-0.3, -0.25) is 14.4 Å². The van der Waals surface area contributed by atoms with E-state index in [1.54, 1.807) is 4.90 Å². The maximum absolute atomic E-state index is 12.5. The molecule has 1 N–H and O–H groups in total. The standard InChI is InChI=1S/C21H24N2O3S/c24-18(19-11-6-14-27-19)10-4-12-20(25)23-13-5-9-17(23)21(26)22-15-16-7-2-1-3-8-16/h1-3,6-8,11,14,17H,4-5,9-10,12-13,15H2,(H,22,26)/t17-/m0/s1. The van der Waals surface area contributed by atoms with Gasteiger partial charge in [0.25, 0.3) is 0 Å². The molecule has 1 aliphatic heterocycles. The van der Waals surface area contributed by atoms with E-state index in [9.17, 15) is 14.4 Å². The predicted molar refractivity (Wildman–Crippen MR) is 106 cm³/mol. The molecule has 0 spiro atoms. The second-order valence-corrected chi connectivity index (χ2v) is 7.65.